The highest BCUT2D eigenvalue weighted by atomic mass is 79.9. The Morgan fingerprint density at radius 3 is 2.78 bits per heavy atom. The van der Waals surface area contributed by atoms with E-state index in [2.05, 4.69) is 15.9 Å². The third kappa shape index (κ3) is 2.68. The first-order chi connectivity index (χ1) is 8.52. The molecule has 1 heterocycles. The molecule has 0 saturated carbocycles. The van der Waals surface area contributed by atoms with Gasteiger partial charge in [0.2, 0.25) is 0 Å². The average molecular weight is 318 g/mol. The summed E-state index contributed by atoms with van der Waals surface area (Å²) >= 11 is 3.17. The van der Waals surface area contributed by atoms with Crippen molar-refractivity contribution in [3.8, 4) is 5.75 Å². The van der Waals surface area contributed by atoms with Gasteiger partial charge in [-0.2, -0.15) is 0 Å². The Morgan fingerprint density at radius 1 is 1.50 bits per heavy atom. The Labute approximate surface area is 115 Å². The monoisotopic (exact) mass is 317 g/mol. The summed E-state index contributed by atoms with van der Waals surface area (Å²) in [5.41, 5.74) is 6.98. The first kappa shape index (κ1) is 13.8. The van der Waals surface area contributed by atoms with Crippen LogP contribution in [-0.4, -0.2) is 19.3 Å². The molecule has 1 aromatic rings. The quantitative estimate of drug-likeness (QED) is 0.931. The molecule has 100 valence electrons. The molecule has 2 rings (SSSR count). The fraction of sp³-hybridized carbons (Fsp3) is 0.538. The van der Waals surface area contributed by atoms with Crippen molar-refractivity contribution in [3.63, 3.8) is 0 Å². The molecule has 5 heteroatoms. The second-order valence-corrected chi connectivity index (χ2v) is 5.45. The average Bonchev–Trinajstić information content (AvgIpc) is 2.78. The van der Waals surface area contributed by atoms with E-state index < -0.39 is 0 Å². The molecule has 2 N–H and O–H groups in total. The Hall–Kier alpha value is -0.650. The zero-order valence-electron chi connectivity index (χ0n) is 10.5. The second kappa shape index (κ2) is 5.55. The smallest absolute Gasteiger partial charge is 0.141 e. The van der Waals surface area contributed by atoms with Crippen molar-refractivity contribution in [3.05, 3.63) is 28.0 Å². The highest BCUT2D eigenvalue weighted by Crippen LogP contribution is 2.35. The van der Waals surface area contributed by atoms with Crippen molar-refractivity contribution in [1.29, 1.82) is 0 Å². The van der Waals surface area contributed by atoms with Crippen LogP contribution < -0.4 is 10.5 Å². The summed E-state index contributed by atoms with van der Waals surface area (Å²) in [4.78, 5) is 0. The van der Waals surface area contributed by atoms with Crippen LogP contribution in [0.4, 0.5) is 4.39 Å². The van der Waals surface area contributed by atoms with Gasteiger partial charge >= 0.3 is 0 Å². The summed E-state index contributed by atoms with van der Waals surface area (Å²) in [6, 6.07) is 2.71. The predicted molar refractivity (Wildman–Crippen MR) is 71.1 cm³/mol. The van der Waals surface area contributed by atoms with Gasteiger partial charge in [-0.3, -0.25) is 0 Å². The van der Waals surface area contributed by atoms with Gasteiger partial charge in [0.1, 0.15) is 11.6 Å². The van der Waals surface area contributed by atoms with Crippen LogP contribution in [0, 0.1) is 5.82 Å². The van der Waals surface area contributed by atoms with E-state index in [4.69, 9.17) is 15.2 Å². The van der Waals surface area contributed by atoms with Crippen LogP contribution >= 0.6 is 15.9 Å². The van der Waals surface area contributed by atoms with E-state index >= 15 is 0 Å². The Balaban J connectivity index is 2.29. The van der Waals surface area contributed by atoms with Crippen molar-refractivity contribution < 1.29 is 13.9 Å². The molecule has 0 amide bonds. The number of rotatable bonds is 3. The maximum absolute atomic E-state index is 13.4. The summed E-state index contributed by atoms with van der Waals surface area (Å²) in [6.07, 6.45) is 2.12. The van der Waals surface area contributed by atoms with Gasteiger partial charge in [0, 0.05) is 11.6 Å². The van der Waals surface area contributed by atoms with Gasteiger partial charge in [-0.15, -0.1) is 0 Å². The summed E-state index contributed by atoms with van der Waals surface area (Å²) in [5, 5.41) is 0. The normalized spacial score (nSPS) is 25.2. The first-order valence-electron chi connectivity index (χ1n) is 5.97. The van der Waals surface area contributed by atoms with E-state index in [-0.39, 0.29) is 24.1 Å². The molecule has 0 aromatic heterocycles. The molecule has 1 fully saturated rings. The number of halogens is 2. The molecule has 1 aliphatic heterocycles. The third-order valence-corrected chi connectivity index (χ3v) is 3.90. The van der Waals surface area contributed by atoms with Gasteiger partial charge < -0.3 is 15.2 Å². The molecular weight excluding hydrogens is 301 g/mol. The lowest BCUT2D eigenvalue weighted by Gasteiger charge is -2.22. The van der Waals surface area contributed by atoms with Gasteiger partial charge in [0.15, 0.2) is 0 Å². The fourth-order valence-electron chi connectivity index (χ4n) is 2.28. The van der Waals surface area contributed by atoms with E-state index in [1.54, 1.807) is 6.07 Å². The number of benzene rings is 1. The number of methoxy groups -OCH3 is 1. The molecule has 0 spiro atoms. The molecule has 3 unspecified atom stereocenters. The predicted octanol–water partition coefficient (Wildman–Crippen LogP) is 3.16. The van der Waals surface area contributed by atoms with Crippen molar-refractivity contribution in [2.75, 3.05) is 7.11 Å². The summed E-state index contributed by atoms with van der Waals surface area (Å²) in [6.45, 7) is 2.03. The zero-order chi connectivity index (χ0) is 13.3. The fourth-order valence-corrected chi connectivity index (χ4v) is 2.64. The minimum Gasteiger partial charge on any atom is -0.496 e. The maximum Gasteiger partial charge on any atom is 0.141 e. The SMILES string of the molecule is COc1cc(F)c(Br)cc1C(N)C1CCC(C)O1. The van der Waals surface area contributed by atoms with Gasteiger partial charge in [0.25, 0.3) is 0 Å². The van der Waals surface area contributed by atoms with Gasteiger partial charge in [-0.05, 0) is 41.8 Å². The van der Waals surface area contributed by atoms with Gasteiger partial charge in [0.05, 0.1) is 29.8 Å². The molecule has 1 aliphatic rings. The van der Waals surface area contributed by atoms with E-state index in [9.17, 15) is 4.39 Å². The van der Waals surface area contributed by atoms with Crippen LogP contribution in [0.3, 0.4) is 0 Å². The zero-order valence-corrected chi connectivity index (χ0v) is 12.0. The van der Waals surface area contributed by atoms with Crippen LogP contribution in [-0.2, 0) is 4.74 Å². The topological polar surface area (TPSA) is 44.5 Å². The summed E-state index contributed by atoms with van der Waals surface area (Å²) < 4.78 is 24.8. The van der Waals surface area contributed by atoms with Gasteiger partial charge in [-0.25, -0.2) is 4.39 Å². The lowest BCUT2D eigenvalue weighted by molar-refractivity contribution is 0.0396. The number of hydrogen-bond acceptors (Lipinski definition) is 3. The van der Waals surface area contributed by atoms with Crippen LogP contribution in [0.15, 0.2) is 16.6 Å². The Kier molecular flexibility index (Phi) is 4.25. The number of hydrogen-bond donors (Lipinski definition) is 1. The Morgan fingerprint density at radius 2 is 2.22 bits per heavy atom. The highest BCUT2D eigenvalue weighted by molar-refractivity contribution is 9.10. The third-order valence-electron chi connectivity index (χ3n) is 3.30. The van der Waals surface area contributed by atoms with Crippen LogP contribution in [0.25, 0.3) is 0 Å². The van der Waals surface area contributed by atoms with Crippen molar-refractivity contribution in [2.24, 2.45) is 5.73 Å². The van der Waals surface area contributed by atoms with Crippen molar-refractivity contribution >= 4 is 15.9 Å². The van der Waals surface area contributed by atoms with Crippen LogP contribution in [0.1, 0.15) is 31.4 Å². The van der Waals surface area contributed by atoms with E-state index in [0.29, 0.717) is 10.2 Å². The lowest BCUT2D eigenvalue weighted by atomic mass is 9.99. The molecule has 1 saturated heterocycles. The Bertz CT molecular complexity index is 441. The lowest BCUT2D eigenvalue weighted by Crippen LogP contribution is -2.26. The molecule has 18 heavy (non-hydrogen) atoms. The molecule has 3 nitrogen and oxygen atoms in total. The van der Waals surface area contributed by atoms with E-state index in [1.165, 1.54) is 13.2 Å². The van der Waals surface area contributed by atoms with Crippen LogP contribution in [0.5, 0.6) is 5.75 Å². The molecule has 0 bridgehead atoms. The summed E-state index contributed by atoms with van der Waals surface area (Å²) in [5.74, 6) is 0.106. The van der Waals surface area contributed by atoms with Crippen molar-refractivity contribution in [2.45, 2.75) is 38.0 Å². The van der Waals surface area contributed by atoms with E-state index in [0.717, 1.165) is 18.4 Å². The highest BCUT2D eigenvalue weighted by Gasteiger charge is 2.30. The number of ether oxygens (including phenoxy) is 2. The van der Waals surface area contributed by atoms with Crippen molar-refractivity contribution in [1.82, 2.24) is 0 Å². The number of nitrogens with two attached hydrogens (primary N) is 1. The summed E-state index contributed by atoms with van der Waals surface area (Å²) in [7, 11) is 1.51. The minimum absolute atomic E-state index is 0.0359. The maximum atomic E-state index is 13.4. The minimum atomic E-state index is -0.358. The standard InChI is InChI=1S/C13H17BrFNO2/c1-7-3-4-11(18-7)13(16)8-5-9(14)10(15)6-12(8)17-2/h5-7,11,13H,3-4,16H2,1-2H3. The molecule has 3 atom stereocenters. The molecule has 0 radical (unpaired) electrons. The van der Waals surface area contributed by atoms with Gasteiger partial charge in [-0.1, -0.05) is 0 Å². The molecular formula is C13H17BrFNO2. The molecule has 0 aliphatic carbocycles. The molecule has 1 aromatic carbocycles. The first-order valence-corrected chi connectivity index (χ1v) is 6.76. The van der Waals surface area contributed by atoms with Crippen LogP contribution in [0.2, 0.25) is 0 Å². The van der Waals surface area contributed by atoms with E-state index in [1.807, 2.05) is 6.92 Å². The second-order valence-electron chi connectivity index (χ2n) is 4.60. The largest absolute Gasteiger partial charge is 0.496 e.